The molecule has 0 saturated carbocycles. The van der Waals surface area contributed by atoms with Crippen molar-refractivity contribution in [3.8, 4) is 11.4 Å². The number of aromatic nitrogens is 2. The minimum Gasteiger partial charge on any atom is -0.310 e. The Morgan fingerprint density at radius 1 is 0.357 bits per heavy atom. The summed E-state index contributed by atoms with van der Waals surface area (Å²) < 4.78 is 4.78. The third-order valence-corrected chi connectivity index (χ3v) is 12.4. The van der Waals surface area contributed by atoms with Crippen LogP contribution in [-0.4, -0.2) is 9.13 Å². The van der Waals surface area contributed by atoms with E-state index in [-0.39, 0.29) is 5.41 Å². The predicted octanol–water partition coefficient (Wildman–Crippen LogP) is 14.3. The topological polar surface area (TPSA) is 13.1 Å². The Labute approximate surface area is 324 Å². The summed E-state index contributed by atoms with van der Waals surface area (Å²) >= 11 is 0. The maximum absolute atomic E-state index is 2.45. The first-order chi connectivity index (χ1) is 27.5. The van der Waals surface area contributed by atoms with E-state index >= 15 is 0 Å². The van der Waals surface area contributed by atoms with Crippen LogP contribution in [0.15, 0.2) is 188 Å². The monoisotopic (exact) mass is 715 g/mol. The van der Waals surface area contributed by atoms with Gasteiger partial charge in [0.15, 0.2) is 0 Å². The molecule has 9 aromatic carbocycles. The summed E-state index contributed by atoms with van der Waals surface area (Å²) in [5.74, 6) is 0. The van der Waals surface area contributed by atoms with Gasteiger partial charge in [0.2, 0.25) is 0 Å². The van der Waals surface area contributed by atoms with E-state index in [1.54, 1.807) is 0 Å². The standard InChI is InChI=1S/C53H37N3/c1-53(2)45-17-11-12-34-22-23-35-32-40(33-46(53)52(35)51(34)45)54(36-24-28-38(29-25-36)55-47-18-7-3-13-41(47)42-14-4-8-19-48(42)55)37-26-30-39(31-27-37)56-49-20-9-5-15-43(49)44-16-6-10-21-50(44)56/h3-33H,1-2H3. The summed E-state index contributed by atoms with van der Waals surface area (Å²) in [6, 6.07) is 69.3. The van der Waals surface area contributed by atoms with Gasteiger partial charge in [-0.25, -0.2) is 0 Å². The first kappa shape index (κ1) is 31.3. The van der Waals surface area contributed by atoms with E-state index in [1.165, 1.54) is 76.3 Å². The van der Waals surface area contributed by atoms with Gasteiger partial charge in [-0.2, -0.15) is 0 Å². The third kappa shape index (κ3) is 4.28. The highest BCUT2D eigenvalue weighted by atomic mass is 15.1. The van der Waals surface area contributed by atoms with Crippen LogP contribution in [0.25, 0.3) is 76.5 Å². The predicted molar refractivity (Wildman–Crippen MR) is 237 cm³/mol. The zero-order valence-corrected chi connectivity index (χ0v) is 31.2. The Morgan fingerprint density at radius 3 is 1.27 bits per heavy atom. The van der Waals surface area contributed by atoms with Gasteiger partial charge >= 0.3 is 0 Å². The van der Waals surface area contributed by atoms with E-state index in [4.69, 9.17) is 0 Å². The lowest BCUT2D eigenvalue weighted by molar-refractivity contribution is 0.663. The average Bonchev–Trinajstić information content (AvgIpc) is 3.85. The van der Waals surface area contributed by atoms with Crippen LogP contribution >= 0.6 is 0 Å². The fourth-order valence-electron chi connectivity index (χ4n) is 9.86. The Kier molecular flexibility index (Phi) is 6.40. The van der Waals surface area contributed by atoms with Crippen molar-refractivity contribution in [2.75, 3.05) is 4.90 Å². The largest absolute Gasteiger partial charge is 0.310 e. The Morgan fingerprint density at radius 2 is 0.786 bits per heavy atom. The second-order valence-electron chi connectivity index (χ2n) is 15.8. The molecule has 2 aromatic heterocycles. The van der Waals surface area contributed by atoms with E-state index in [0.29, 0.717) is 0 Å². The van der Waals surface area contributed by atoms with Gasteiger partial charge in [-0.05, 0) is 118 Å². The second kappa shape index (κ2) is 11.5. The molecule has 3 nitrogen and oxygen atoms in total. The molecule has 264 valence electrons. The Bertz CT molecular complexity index is 3120. The minimum absolute atomic E-state index is 0.121. The van der Waals surface area contributed by atoms with Crippen LogP contribution in [0.1, 0.15) is 25.0 Å². The van der Waals surface area contributed by atoms with Gasteiger partial charge in [0.05, 0.1) is 22.1 Å². The lowest BCUT2D eigenvalue weighted by Crippen LogP contribution is -2.17. The van der Waals surface area contributed by atoms with Gasteiger partial charge < -0.3 is 14.0 Å². The average molecular weight is 716 g/mol. The number of nitrogens with zero attached hydrogens (tertiary/aromatic N) is 3. The molecule has 0 N–H and O–H groups in total. The molecule has 56 heavy (non-hydrogen) atoms. The number of para-hydroxylation sites is 4. The maximum atomic E-state index is 2.45. The van der Waals surface area contributed by atoms with Gasteiger partial charge in [-0.3, -0.25) is 0 Å². The number of fused-ring (bicyclic) bond motifs is 6. The molecule has 11 aromatic rings. The lowest BCUT2D eigenvalue weighted by Gasteiger charge is -2.29. The molecule has 2 heterocycles. The molecular weight excluding hydrogens is 679 g/mol. The van der Waals surface area contributed by atoms with Crippen LogP contribution in [0.5, 0.6) is 0 Å². The van der Waals surface area contributed by atoms with E-state index in [1.807, 2.05) is 0 Å². The summed E-state index contributed by atoms with van der Waals surface area (Å²) in [5, 5.41) is 10.4. The summed E-state index contributed by atoms with van der Waals surface area (Å²) in [5.41, 5.74) is 13.2. The van der Waals surface area contributed by atoms with Crippen LogP contribution < -0.4 is 4.90 Å². The summed E-state index contributed by atoms with van der Waals surface area (Å²) in [4.78, 5) is 2.44. The summed E-state index contributed by atoms with van der Waals surface area (Å²) in [6.07, 6.45) is 0. The van der Waals surface area contributed by atoms with Crippen molar-refractivity contribution in [1.82, 2.24) is 9.13 Å². The summed E-state index contributed by atoms with van der Waals surface area (Å²) in [7, 11) is 0. The first-order valence-corrected chi connectivity index (χ1v) is 19.5. The lowest BCUT2D eigenvalue weighted by atomic mass is 9.81. The molecular formula is C53H37N3. The van der Waals surface area contributed by atoms with Gasteiger partial charge in [0.25, 0.3) is 0 Å². The Hall–Kier alpha value is -7.10. The smallest absolute Gasteiger partial charge is 0.0541 e. The molecule has 0 radical (unpaired) electrons. The van der Waals surface area contributed by atoms with Gasteiger partial charge in [-0.15, -0.1) is 0 Å². The number of hydrogen-bond acceptors (Lipinski definition) is 1. The number of benzene rings is 9. The van der Waals surface area contributed by atoms with Crippen molar-refractivity contribution >= 4 is 82.2 Å². The minimum atomic E-state index is -0.121. The molecule has 1 aliphatic carbocycles. The Balaban J connectivity index is 1.05. The van der Waals surface area contributed by atoms with Crippen LogP contribution in [0.3, 0.4) is 0 Å². The highest BCUT2D eigenvalue weighted by Gasteiger charge is 2.35. The fourth-order valence-corrected chi connectivity index (χ4v) is 9.86. The molecule has 12 rings (SSSR count). The van der Waals surface area contributed by atoms with Crippen LogP contribution in [0.4, 0.5) is 17.1 Å². The highest BCUT2D eigenvalue weighted by molar-refractivity contribution is 6.16. The van der Waals surface area contributed by atoms with Crippen LogP contribution in [0, 0.1) is 0 Å². The molecule has 0 bridgehead atoms. The van der Waals surface area contributed by atoms with Gasteiger partial charge in [-0.1, -0.05) is 117 Å². The first-order valence-electron chi connectivity index (χ1n) is 19.5. The summed E-state index contributed by atoms with van der Waals surface area (Å²) in [6.45, 7) is 4.76. The van der Waals surface area contributed by atoms with E-state index in [9.17, 15) is 0 Å². The van der Waals surface area contributed by atoms with Gasteiger partial charge in [0, 0.05) is 55.4 Å². The SMILES string of the molecule is CC1(C)c2cccc3ccc4cc(N(c5ccc(-n6c7ccccc7c7ccccc76)cc5)c5ccc(-n6c7ccccc7c7ccccc76)cc5)cc1c4c23. The van der Waals surface area contributed by atoms with Crippen molar-refractivity contribution in [1.29, 1.82) is 0 Å². The van der Waals surface area contributed by atoms with Crippen molar-refractivity contribution in [2.24, 2.45) is 0 Å². The quantitative estimate of drug-likeness (QED) is 0.162. The van der Waals surface area contributed by atoms with Crippen LogP contribution in [-0.2, 0) is 5.41 Å². The van der Waals surface area contributed by atoms with Crippen molar-refractivity contribution in [3.63, 3.8) is 0 Å². The molecule has 0 unspecified atom stereocenters. The number of anilines is 3. The van der Waals surface area contributed by atoms with Crippen molar-refractivity contribution in [3.05, 3.63) is 199 Å². The molecule has 0 aliphatic heterocycles. The normalized spacial score (nSPS) is 13.3. The second-order valence-corrected chi connectivity index (χ2v) is 15.8. The number of hydrogen-bond donors (Lipinski definition) is 0. The van der Waals surface area contributed by atoms with Crippen molar-refractivity contribution in [2.45, 2.75) is 19.3 Å². The molecule has 0 saturated heterocycles. The zero-order chi connectivity index (χ0) is 37.1. The zero-order valence-electron chi connectivity index (χ0n) is 31.2. The van der Waals surface area contributed by atoms with E-state index in [0.717, 1.165) is 28.4 Å². The van der Waals surface area contributed by atoms with Crippen LogP contribution in [0.2, 0.25) is 0 Å². The van der Waals surface area contributed by atoms with E-state index in [2.05, 4.69) is 216 Å². The molecule has 0 fully saturated rings. The fraction of sp³-hybridized carbons (Fsp3) is 0.0566. The van der Waals surface area contributed by atoms with Gasteiger partial charge in [0.1, 0.15) is 0 Å². The number of rotatable bonds is 5. The van der Waals surface area contributed by atoms with Crippen molar-refractivity contribution < 1.29 is 0 Å². The third-order valence-electron chi connectivity index (χ3n) is 12.4. The highest BCUT2D eigenvalue weighted by Crippen LogP contribution is 2.51. The molecule has 0 atom stereocenters. The molecule has 1 aliphatic rings. The molecule has 0 amide bonds. The molecule has 3 heteroatoms. The molecule has 0 spiro atoms. The van der Waals surface area contributed by atoms with E-state index < -0.39 is 0 Å². The maximum Gasteiger partial charge on any atom is 0.0541 e.